The molecule has 0 saturated heterocycles. The van der Waals surface area contributed by atoms with Crippen LogP contribution in [-0.2, 0) is 6.54 Å². The van der Waals surface area contributed by atoms with Crippen molar-refractivity contribution in [2.45, 2.75) is 20.4 Å². The number of nitrogens with two attached hydrogens (primary N) is 1. The molecule has 0 aliphatic heterocycles. The molecule has 0 atom stereocenters. The number of amides is 1. The summed E-state index contributed by atoms with van der Waals surface area (Å²) in [7, 11) is 0. The first-order valence-electron chi connectivity index (χ1n) is 6.74. The highest BCUT2D eigenvalue weighted by atomic mass is 32.1. The number of nitrogens with one attached hydrogen (secondary N) is 1. The van der Waals surface area contributed by atoms with Crippen LogP contribution in [0, 0.1) is 25.7 Å². The highest BCUT2D eigenvalue weighted by Gasteiger charge is 2.11. The van der Waals surface area contributed by atoms with E-state index in [2.05, 4.69) is 17.2 Å². The van der Waals surface area contributed by atoms with Crippen LogP contribution in [0.15, 0.2) is 30.3 Å². The van der Waals surface area contributed by atoms with Crippen LogP contribution in [0.5, 0.6) is 0 Å². The van der Waals surface area contributed by atoms with Crippen LogP contribution in [0.2, 0.25) is 0 Å². The van der Waals surface area contributed by atoms with Gasteiger partial charge in [-0.15, -0.1) is 11.3 Å². The Bertz CT molecular complexity index is 687. The van der Waals surface area contributed by atoms with Crippen molar-refractivity contribution in [3.8, 4) is 11.8 Å². The van der Waals surface area contributed by atoms with Gasteiger partial charge >= 0.3 is 0 Å². The van der Waals surface area contributed by atoms with Gasteiger partial charge in [-0.1, -0.05) is 30.0 Å². The Labute approximate surface area is 129 Å². The average Bonchev–Trinajstić information content (AvgIpc) is 2.90. The van der Waals surface area contributed by atoms with E-state index in [1.165, 1.54) is 0 Å². The molecule has 0 saturated carbocycles. The van der Waals surface area contributed by atoms with Gasteiger partial charge in [0.1, 0.15) is 0 Å². The van der Waals surface area contributed by atoms with Gasteiger partial charge in [-0.25, -0.2) is 0 Å². The van der Waals surface area contributed by atoms with Crippen molar-refractivity contribution in [1.82, 2.24) is 5.32 Å². The molecule has 3 nitrogen and oxygen atoms in total. The summed E-state index contributed by atoms with van der Waals surface area (Å²) in [4.78, 5) is 14.3. The van der Waals surface area contributed by atoms with Crippen molar-refractivity contribution in [3.05, 3.63) is 56.8 Å². The van der Waals surface area contributed by atoms with Gasteiger partial charge in [-0.2, -0.15) is 0 Å². The third kappa shape index (κ3) is 3.94. The van der Waals surface area contributed by atoms with Gasteiger partial charge in [-0.05, 0) is 37.1 Å². The van der Waals surface area contributed by atoms with E-state index >= 15 is 0 Å². The molecule has 0 radical (unpaired) electrons. The van der Waals surface area contributed by atoms with Gasteiger partial charge in [0.25, 0.3) is 5.91 Å². The predicted molar refractivity (Wildman–Crippen MR) is 87.3 cm³/mol. The molecule has 0 unspecified atom stereocenters. The second-order valence-electron chi connectivity index (χ2n) is 4.72. The lowest BCUT2D eigenvalue weighted by Gasteiger charge is -2.09. The van der Waals surface area contributed by atoms with E-state index in [9.17, 15) is 4.79 Å². The lowest BCUT2D eigenvalue weighted by atomic mass is 10.0. The van der Waals surface area contributed by atoms with Gasteiger partial charge < -0.3 is 11.1 Å². The molecule has 0 aliphatic rings. The van der Waals surface area contributed by atoms with Gasteiger partial charge in [0.2, 0.25) is 0 Å². The van der Waals surface area contributed by atoms with E-state index in [1.807, 2.05) is 44.2 Å². The molecular weight excluding hydrogens is 280 g/mol. The molecular formula is C17H18N2OS. The van der Waals surface area contributed by atoms with E-state index in [4.69, 9.17) is 5.73 Å². The molecule has 108 valence electrons. The number of rotatable bonds is 3. The Morgan fingerprint density at radius 1 is 1.24 bits per heavy atom. The number of aryl methyl sites for hydroxylation is 2. The molecule has 1 aromatic carbocycles. The number of hydrogen-bond acceptors (Lipinski definition) is 3. The highest BCUT2D eigenvalue weighted by Crippen LogP contribution is 2.16. The summed E-state index contributed by atoms with van der Waals surface area (Å²) in [6.45, 7) is 4.78. The maximum atomic E-state index is 12.3. The van der Waals surface area contributed by atoms with Crippen LogP contribution in [0.3, 0.4) is 0 Å². The lowest BCUT2D eigenvalue weighted by Crippen LogP contribution is -2.24. The molecule has 0 spiro atoms. The number of carbonyl (C=O) groups excluding carboxylic acids is 1. The summed E-state index contributed by atoms with van der Waals surface area (Å²) < 4.78 is 0. The summed E-state index contributed by atoms with van der Waals surface area (Å²) in [5.41, 5.74) is 8.10. The predicted octanol–water partition coefficient (Wildman–Crippen LogP) is 2.61. The zero-order valence-electron chi connectivity index (χ0n) is 12.2. The molecule has 2 rings (SSSR count). The van der Waals surface area contributed by atoms with E-state index < -0.39 is 0 Å². The van der Waals surface area contributed by atoms with Gasteiger partial charge in [-0.3, -0.25) is 4.79 Å². The van der Waals surface area contributed by atoms with Crippen LogP contribution in [0.25, 0.3) is 0 Å². The minimum atomic E-state index is -0.0337. The Balaban J connectivity index is 2.03. The standard InChI is InChI=1S/C17H18N2OS/c1-12-5-3-6-13(2)16(12)17(20)19-11-15-9-8-14(21-15)7-4-10-18/h3,5-6,8-9H,10-11,18H2,1-2H3,(H,19,20). The van der Waals surface area contributed by atoms with E-state index in [-0.39, 0.29) is 5.91 Å². The Kier molecular flexibility index (Phi) is 5.15. The van der Waals surface area contributed by atoms with E-state index in [1.54, 1.807) is 11.3 Å². The fourth-order valence-corrected chi connectivity index (χ4v) is 2.93. The van der Waals surface area contributed by atoms with Gasteiger partial charge in [0.15, 0.2) is 0 Å². The quantitative estimate of drug-likeness (QED) is 0.856. The summed E-state index contributed by atoms with van der Waals surface area (Å²) in [5.74, 6) is 5.78. The van der Waals surface area contributed by atoms with Crippen molar-refractivity contribution in [2.75, 3.05) is 6.54 Å². The molecule has 1 heterocycles. The molecule has 0 bridgehead atoms. The largest absolute Gasteiger partial charge is 0.347 e. The Morgan fingerprint density at radius 3 is 2.62 bits per heavy atom. The molecule has 3 N–H and O–H groups in total. The van der Waals surface area contributed by atoms with Crippen LogP contribution in [-0.4, -0.2) is 12.5 Å². The summed E-state index contributed by atoms with van der Waals surface area (Å²) >= 11 is 1.57. The van der Waals surface area contributed by atoms with Crippen molar-refractivity contribution in [3.63, 3.8) is 0 Å². The van der Waals surface area contributed by atoms with Crippen LogP contribution in [0.1, 0.15) is 31.2 Å². The fraction of sp³-hybridized carbons (Fsp3) is 0.235. The van der Waals surface area contributed by atoms with Gasteiger partial charge in [0.05, 0.1) is 18.0 Å². The van der Waals surface area contributed by atoms with Crippen molar-refractivity contribution >= 4 is 17.2 Å². The molecule has 1 aromatic heterocycles. The molecule has 0 fully saturated rings. The van der Waals surface area contributed by atoms with E-state index in [0.717, 1.165) is 26.4 Å². The van der Waals surface area contributed by atoms with Crippen molar-refractivity contribution in [1.29, 1.82) is 0 Å². The maximum absolute atomic E-state index is 12.3. The fourth-order valence-electron chi connectivity index (χ4n) is 2.11. The van der Waals surface area contributed by atoms with E-state index in [0.29, 0.717) is 13.1 Å². The third-order valence-corrected chi connectivity index (χ3v) is 4.11. The van der Waals surface area contributed by atoms with Crippen LogP contribution < -0.4 is 11.1 Å². The normalized spacial score (nSPS) is 9.86. The van der Waals surface area contributed by atoms with Crippen LogP contribution in [0.4, 0.5) is 0 Å². The zero-order valence-corrected chi connectivity index (χ0v) is 13.0. The maximum Gasteiger partial charge on any atom is 0.252 e. The summed E-state index contributed by atoms with van der Waals surface area (Å²) in [6.07, 6.45) is 0. The topological polar surface area (TPSA) is 55.1 Å². The monoisotopic (exact) mass is 298 g/mol. The minimum absolute atomic E-state index is 0.0337. The van der Waals surface area contributed by atoms with Crippen LogP contribution >= 0.6 is 11.3 Å². The van der Waals surface area contributed by atoms with Gasteiger partial charge in [0, 0.05) is 10.4 Å². The first-order chi connectivity index (χ1) is 10.1. The summed E-state index contributed by atoms with van der Waals surface area (Å²) in [5, 5.41) is 2.96. The number of hydrogen-bond donors (Lipinski definition) is 2. The summed E-state index contributed by atoms with van der Waals surface area (Å²) in [6, 6.07) is 9.80. The third-order valence-electron chi connectivity index (χ3n) is 3.11. The Morgan fingerprint density at radius 2 is 1.95 bits per heavy atom. The number of carbonyl (C=O) groups is 1. The Hall–Kier alpha value is -2.09. The molecule has 4 heteroatoms. The molecule has 0 aliphatic carbocycles. The number of thiophene rings is 1. The first kappa shape index (κ1) is 15.3. The van der Waals surface area contributed by atoms with Crippen molar-refractivity contribution in [2.24, 2.45) is 5.73 Å². The zero-order chi connectivity index (χ0) is 15.2. The second-order valence-corrected chi connectivity index (χ2v) is 5.89. The second kappa shape index (κ2) is 7.07. The SMILES string of the molecule is Cc1cccc(C)c1C(=O)NCc1ccc(C#CCN)s1. The molecule has 2 aromatic rings. The molecule has 21 heavy (non-hydrogen) atoms. The average molecular weight is 298 g/mol. The smallest absolute Gasteiger partial charge is 0.252 e. The first-order valence-corrected chi connectivity index (χ1v) is 7.55. The lowest BCUT2D eigenvalue weighted by molar-refractivity contribution is 0.0950. The van der Waals surface area contributed by atoms with Crippen molar-refractivity contribution < 1.29 is 4.79 Å². The molecule has 1 amide bonds. The number of benzene rings is 1. The minimum Gasteiger partial charge on any atom is -0.347 e. The highest BCUT2D eigenvalue weighted by molar-refractivity contribution is 7.12.